The van der Waals surface area contributed by atoms with Gasteiger partial charge in [-0.1, -0.05) is 42.5 Å². The summed E-state index contributed by atoms with van der Waals surface area (Å²) in [4.78, 5) is 4.39. The van der Waals surface area contributed by atoms with Gasteiger partial charge in [-0.05, 0) is 29.8 Å². The average Bonchev–Trinajstić information content (AvgIpc) is 2.74. The van der Waals surface area contributed by atoms with E-state index in [0.29, 0.717) is 34.8 Å². The molecule has 29 heavy (non-hydrogen) atoms. The Hall–Kier alpha value is -3.64. The summed E-state index contributed by atoms with van der Waals surface area (Å²) in [6.07, 6.45) is 1.62. The summed E-state index contributed by atoms with van der Waals surface area (Å²) in [6.45, 7) is 0.411. The van der Waals surface area contributed by atoms with Crippen molar-refractivity contribution in [3.63, 3.8) is 0 Å². The van der Waals surface area contributed by atoms with Crippen LogP contribution < -0.4 is 20.4 Å². The number of halogens is 1. The molecule has 0 aliphatic rings. The van der Waals surface area contributed by atoms with E-state index in [2.05, 4.69) is 4.98 Å². The summed E-state index contributed by atoms with van der Waals surface area (Å²) >= 11 is 0. The molecule has 3 N–H and O–H groups in total. The fraction of sp³-hybridized carbons (Fsp3) is 0.0870. The van der Waals surface area contributed by atoms with E-state index in [1.165, 1.54) is 6.07 Å². The molecule has 6 heteroatoms. The lowest BCUT2D eigenvalue weighted by atomic mass is 10.1. The van der Waals surface area contributed by atoms with Crippen molar-refractivity contribution in [2.24, 2.45) is 0 Å². The van der Waals surface area contributed by atoms with Gasteiger partial charge >= 0.3 is 0 Å². The van der Waals surface area contributed by atoms with Crippen molar-refractivity contribution in [2.75, 3.05) is 7.11 Å². The minimum Gasteiger partial charge on any atom is -0.493 e. The molecule has 4 aromatic rings. The zero-order chi connectivity index (χ0) is 19.3. The number of fused-ring (bicyclic) bond motifs is 1. The number of benzene rings is 3. The second-order valence-corrected chi connectivity index (χ2v) is 6.14. The van der Waals surface area contributed by atoms with Gasteiger partial charge in [-0.15, -0.1) is 0 Å². The van der Waals surface area contributed by atoms with Crippen LogP contribution in [0, 0.1) is 5.82 Å². The number of pyridine rings is 1. The number of hydrogen-bond acceptors (Lipinski definition) is 5. The smallest absolute Gasteiger partial charge is 0.165 e. The van der Waals surface area contributed by atoms with Crippen molar-refractivity contribution >= 4 is 10.9 Å². The van der Waals surface area contributed by atoms with E-state index in [-0.39, 0.29) is 11.9 Å². The standard InChI is InChI=1S/C23H18FNO3.H3N/c1-26-22-13-17-19(14-23(22)27-15-16-7-3-2-4-8-16)25-12-11-20(17)28-21-10-6-5-9-18(21)24;/h2-14H,15H2,1H3;1H3. The molecular formula is C23H21FN2O3. The van der Waals surface area contributed by atoms with E-state index in [0.717, 1.165) is 5.56 Å². The molecule has 1 heterocycles. The first-order valence-corrected chi connectivity index (χ1v) is 8.80. The number of hydrogen-bond donors (Lipinski definition) is 1. The maximum Gasteiger partial charge on any atom is 0.165 e. The van der Waals surface area contributed by atoms with E-state index in [1.807, 2.05) is 30.3 Å². The van der Waals surface area contributed by atoms with E-state index in [1.54, 1.807) is 49.7 Å². The van der Waals surface area contributed by atoms with Crippen LogP contribution in [0.2, 0.25) is 0 Å². The Kier molecular flexibility index (Phi) is 6.26. The van der Waals surface area contributed by atoms with Crippen molar-refractivity contribution in [1.29, 1.82) is 0 Å². The van der Waals surface area contributed by atoms with Gasteiger partial charge in [-0.2, -0.15) is 0 Å². The van der Waals surface area contributed by atoms with Gasteiger partial charge in [0.1, 0.15) is 12.4 Å². The Morgan fingerprint density at radius 2 is 1.59 bits per heavy atom. The first-order chi connectivity index (χ1) is 13.7. The molecule has 0 saturated carbocycles. The molecular weight excluding hydrogens is 371 g/mol. The van der Waals surface area contributed by atoms with Crippen molar-refractivity contribution in [2.45, 2.75) is 6.61 Å². The lowest BCUT2D eigenvalue weighted by molar-refractivity contribution is 0.285. The summed E-state index contributed by atoms with van der Waals surface area (Å²) in [6, 6.07) is 21.4. The van der Waals surface area contributed by atoms with Gasteiger partial charge in [0.25, 0.3) is 0 Å². The Labute approximate surface area is 168 Å². The fourth-order valence-electron chi connectivity index (χ4n) is 2.87. The first kappa shape index (κ1) is 20.1. The van der Waals surface area contributed by atoms with Crippen LogP contribution in [0.4, 0.5) is 4.39 Å². The molecule has 0 atom stereocenters. The molecule has 4 rings (SSSR count). The Balaban J connectivity index is 0.00000240. The molecule has 0 saturated heterocycles. The molecule has 0 amide bonds. The van der Waals surface area contributed by atoms with Crippen molar-refractivity contribution in [3.8, 4) is 23.0 Å². The minimum atomic E-state index is -0.428. The van der Waals surface area contributed by atoms with E-state index in [9.17, 15) is 4.39 Å². The van der Waals surface area contributed by atoms with Gasteiger partial charge in [0, 0.05) is 17.6 Å². The fourth-order valence-corrected chi connectivity index (χ4v) is 2.87. The molecule has 0 aliphatic carbocycles. The largest absolute Gasteiger partial charge is 0.493 e. The maximum atomic E-state index is 14.0. The second kappa shape index (κ2) is 9.03. The van der Waals surface area contributed by atoms with Crippen molar-refractivity contribution in [1.82, 2.24) is 11.1 Å². The van der Waals surface area contributed by atoms with Crippen LogP contribution in [0.15, 0.2) is 79.0 Å². The summed E-state index contributed by atoms with van der Waals surface area (Å²) in [7, 11) is 1.57. The Morgan fingerprint density at radius 1 is 0.828 bits per heavy atom. The number of nitrogens with zero attached hydrogens (tertiary/aromatic N) is 1. The van der Waals surface area contributed by atoms with Gasteiger partial charge in [0.2, 0.25) is 0 Å². The lowest BCUT2D eigenvalue weighted by Gasteiger charge is -2.14. The van der Waals surface area contributed by atoms with Crippen molar-refractivity contribution < 1.29 is 18.6 Å². The number of rotatable bonds is 6. The molecule has 3 aromatic carbocycles. The minimum absolute atomic E-state index is 0. The summed E-state index contributed by atoms with van der Waals surface area (Å²) < 4.78 is 31.2. The highest BCUT2D eigenvalue weighted by molar-refractivity contribution is 5.88. The molecule has 1 aromatic heterocycles. The van der Waals surface area contributed by atoms with Crippen LogP contribution in [0.5, 0.6) is 23.0 Å². The molecule has 0 bridgehead atoms. The molecule has 0 radical (unpaired) electrons. The first-order valence-electron chi connectivity index (χ1n) is 8.80. The predicted molar refractivity (Wildman–Crippen MR) is 111 cm³/mol. The quantitative estimate of drug-likeness (QED) is 0.441. The second-order valence-electron chi connectivity index (χ2n) is 6.14. The topological polar surface area (TPSA) is 75.6 Å². The van der Waals surface area contributed by atoms with Crippen LogP contribution in [0.1, 0.15) is 5.56 Å². The van der Waals surface area contributed by atoms with Crippen molar-refractivity contribution in [3.05, 3.63) is 90.4 Å². The predicted octanol–water partition coefficient (Wildman–Crippen LogP) is 5.92. The molecule has 0 aliphatic heterocycles. The summed E-state index contributed by atoms with van der Waals surface area (Å²) in [5.41, 5.74) is 1.71. The van der Waals surface area contributed by atoms with Gasteiger partial charge in [-0.3, -0.25) is 4.98 Å². The normalized spacial score (nSPS) is 10.3. The SMILES string of the molecule is COc1cc2c(Oc3ccccc3F)ccnc2cc1OCc1ccccc1.N. The third-order valence-corrected chi connectivity index (χ3v) is 4.28. The highest BCUT2D eigenvalue weighted by atomic mass is 19.1. The third-order valence-electron chi connectivity index (χ3n) is 4.28. The van der Waals surface area contributed by atoms with Gasteiger partial charge < -0.3 is 20.4 Å². The highest BCUT2D eigenvalue weighted by Crippen LogP contribution is 2.37. The lowest BCUT2D eigenvalue weighted by Crippen LogP contribution is -1.98. The van der Waals surface area contributed by atoms with E-state index < -0.39 is 5.82 Å². The molecule has 0 unspecified atom stereocenters. The number of para-hydroxylation sites is 1. The summed E-state index contributed by atoms with van der Waals surface area (Å²) in [5.74, 6) is 1.34. The van der Waals surface area contributed by atoms with Crippen LogP contribution >= 0.6 is 0 Å². The van der Waals surface area contributed by atoms with Crippen LogP contribution in [-0.4, -0.2) is 12.1 Å². The average molecular weight is 392 g/mol. The van der Waals surface area contributed by atoms with Gasteiger partial charge in [-0.25, -0.2) is 4.39 Å². The molecule has 0 spiro atoms. The zero-order valence-electron chi connectivity index (χ0n) is 16.0. The van der Waals surface area contributed by atoms with Crippen LogP contribution in [0.25, 0.3) is 10.9 Å². The third kappa shape index (κ3) is 4.44. The van der Waals surface area contributed by atoms with E-state index >= 15 is 0 Å². The monoisotopic (exact) mass is 392 g/mol. The van der Waals surface area contributed by atoms with Crippen LogP contribution in [0.3, 0.4) is 0 Å². The number of ether oxygens (including phenoxy) is 3. The Morgan fingerprint density at radius 3 is 2.34 bits per heavy atom. The number of aromatic nitrogens is 1. The summed E-state index contributed by atoms with van der Waals surface area (Å²) in [5, 5.41) is 0.703. The van der Waals surface area contributed by atoms with Gasteiger partial charge in [0.15, 0.2) is 23.1 Å². The van der Waals surface area contributed by atoms with Crippen LogP contribution in [-0.2, 0) is 6.61 Å². The maximum absolute atomic E-state index is 14.0. The Bertz CT molecular complexity index is 1100. The van der Waals surface area contributed by atoms with Gasteiger partial charge in [0.05, 0.1) is 12.6 Å². The van der Waals surface area contributed by atoms with E-state index in [4.69, 9.17) is 14.2 Å². The molecule has 0 fully saturated rings. The highest BCUT2D eigenvalue weighted by Gasteiger charge is 2.13. The molecule has 5 nitrogen and oxygen atoms in total. The zero-order valence-corrected chi connectivity index (χ0v) is 16.0. The molecule has 148 valence electrons. The number of methoxy groups -OCH3 is 1.